The minimum absolute atomic E-state index is 0.0669. The van der Waals surface area contributed by atoms with Crippen molar-refractivity contribution in [2.24, 2.45) is 5.92 Å². The first-order chi connectivity index (χ1) is 14.8. The van der Waals surface area contributed by atoms with Crippen LogP contribution < -0.4 is 5.32 Å². The normalized spacial score (nSPS) is 27.4. The summed E-state index contributed by atoms with van der Waals surface area (Å²) >= 11 is 0. The molecule has 2 fully saturated rings. The monoisotopic (exact) mass is 424 g/mol. The molecule has 0 spiro atoms. The Balaban J connectivity index is 1.37. The number of allylic oxidation sites excluding steroid dienone is 1. The van der Waals surface area contributed by atoms with Crippen molar-refractivity contribution in [3.63, 3.8) is 0 Å². The van der Waals surface area contributed by atoms with E-state index < -0.39 is 12.0 Å². The van der Waals surface area contributed by atoms with Gasteiger partial charge in [0.15, 0.2) is 11.6 Å². The van der Waals surface area contributed by atoms with Gasteiger partial charge in [-0.15, -0.1) is 10.2 Å². The molecule has 2 N–H and O–H groups in total. The third-order valence-corrected chi connectivity index (χ3v) is 6.35. The Labute approximate surface area is 177 Å². The highest BCUT2D eigenvalue weighted by atomic mass is 19.1. The Morgan fingerprint density at radius 1 is 1.32 bits per heavy atom. The summed E-state index contributed by atoms with van der Waals surface area (Å²) in [5.74, 6) is -0.582. The summed E-state index contributed by atoms with van der Waals surface area (Å²) in [5, 5.41) is 26.0. The van der Waals surface area contributed by atoms with E-state index in [1.165, 1.54) is 23.1 Å². The Morgan fingerprint density at radius 3 is 2.84 bits per heavy atom. The summed E-state index contributed by atoms with van der Waals surface area (Å²) in [6.07, 6.45) is 5.16. The number of fused-ring (bicyclic) bond motifs is 2. The number of benzene rings is 1. The SMILES string of the molecule is C=C(c1ncc(-c2ccc(-n3cc(F)cn3)cc2O)nn1)[C@H]1C[C@]2(C)CC[C@@H](N2)[C@H]1F. The van der Waals surface area contributed by atoms with Gasteiger partial charge in [-0.25, -0.2) is 18.4 Å². The van der Waals surface area contributed by atoms with Gasteiger partial charge in [-0.3, -0.25) is 0 Å². The van der Waals surface area contributed by atoms with Gasteiger partial charge in [-0.05, 0) is 43.9 Å². The molecular formula is C22H22F2N6O. The van der Waals surface area contributed by atoms with Gasteiger partial charge in [-0.2, -0.15) is 5.10 Å². The van der Waals surface area contributed by atoms with E-state index in [2.05, 4.69) is 39.1 Å². The molecule has 2 aromatic heterocycles. The lowest BCUT2D eigenvalue weighted by molar-refractivity contribution is 0.135. The van der Waals surface area contributed by atoms with Crippen LogP contribution in [0.25, 0.3) is 22.5 Å². The van der Waals surface area contributed by atoms with Crippen LogP contribution in [0.2, 0.25) is 0 Å². The van der Waals surface area contributed by atoms with Crippen molar-refractivity contribution in [2.45, 2.75) is 43.9 Å². The van der Waals surface area contributed by atoms with Crippen LogP contribution in [0.3, 0.4) is 0 Å². The third kappa shape index (κ3) is 3.48. The molecule has 3 aromatic rings. The summed E-state index contributed by atoms with van der Waals surface area (Å²) in [6, 6.07) is 4.60. The number of phenolic OH excluding ortho intramolecular Hbond substituents is 1. The number of nitrogens with zero attached hydrogens (tertiary/aromatic N) is 5. The fourth-order valence-electron chi connectivity index (χ4n) is 4.69. The number of nitrogens with one attached hydrogen (secondary N) is 1. The zero-order chi connectivity index (χ0) is 21.8. The van der Waals surface area contributed by atoms with Gasteiger partial charge in [-0.1, -0.05) is 6.58 Å². The van der Waals surface area contributed by atoms with Crippen LogP contribution >= 0.6 is 0 Å². The number of aromatic nitrogens is 5. The van der Waals surface area contributed by atoms with Gasteiger partial charge in [0.05, 0.1) is 24.3 Å². The summed E-state index contributed by atoms with van der Waals surface area (Å²) in [5.41, 5.74) is 1.75. The van der Waals surface area contributed by atoms with Crippen LogP contribution in [0.15, 0.2) is 43.4 Å². The number of halogens is 2. The Kier molecular flexibility index (Phi) is 4.58. The molecule has 1 aromatic carbocycles. The van der Waals surface area contributed by atoms with E-state index in [0.717, 1.165) is 19.0 Å². The topological polar surface area (TPSA) is 88.8 Å². The quantitative estimate of drug-likeness (QED) is 0.667. The molecule has 9 heteroatoms. The molecule has 4 atom stereocenters. The molecule has 31 heavy (non-hydrogen) atoms. The van der Waals surface area contributed by atoms with Crippen LogP contribution in [0.1, 0.15) is 32.0 Å². The van der Waals surface area contributed by atoms with Crippen molar-refractivity contribution < 1.29 is 13.9 Å². The largest absolute Gasteiger partial charge is 0.507 e. The molecule has 5 rings (SSSR count). The number of phenols is 1. The highest BCUT2D eigenvalue weighted by molar-refractivity contribution is 5.68. The van der Waals surface area contributed by atoms with Gasteiger partial charge < -0.3 is 10.4 Å². The first-order valence-electron chi connectivity index (χ1n) is 10.2. The summed E-state index contributed by atoms with van der Waals surface area (Å²) in [4.78, 5) is 4.34. The number of hydrogen-bond donors (Lipinski definition) is 2. The van der Waals surface area contributed by atoms with E-state index in [-0.39, 0.29) is 23.2 Å². The second-order valence-corrected chi connectivity index (χ2v) is 8.60. The maximum absolute atomic E-state index is 15.0. The van der Waals surface area contributed by atoms with Crippen LogP contribution in [-0.4, -0.2) is 47.8 Å². The smallest absolute Gasteiger partial charge is 0.177 e. The average molecular weight is 424 g/mol. The Hall–Kier alpha value is -3.20. The zero-order valence-electron chi connectivity index (χ0n) is 17.0. The molecule has 2 aliphatic heterocycles. The van der Waals surface area contributed by atoms with Crippen molar-refractivity contribution >= 4 is 5.57 Å². The number of rotatable bonds is 4. The molecule has 0 saturated carbocycles. The molecule has 0 aliphatic carbocycles. The first-order valence-corrected chi connectivity index (χ1v) is 10.2. The van der Waals surface area contributed by atoms with Gasteiger partial charge >= 0.3 is 0 Å². The zero-order valence-corrected chi connectivity index (χ0v) is 17.0. The van der Waals surface area contributed by atoms with E-state index in [0.29, 0.717) is 34.8 Å². The second kappa shape index (κ2) is 7.19. The standard InChI is InChI=1S/C22H22F2N6O/c1-12(16-8-22(2)6-5-17(27-22)20(16)24)21-25-10-18(28-29-21)15-4-3-14(7-19(15)31)30-11-13(23)9-26-30/h3-4,7,9-11,16-17,20,27,31H,1,5-6,8H2,2H3/t16-,17-,20+,22+/m1/s1. The van der Waals surface area contributed by atoms with Crippen molar-refractivity contribution in [1.29, 1.82) is 0 Å². The van der Waals surface area contributed by atoms with Crippen LogP contribution in [0.4, 0.5) is 8.78 Å². The summed E-state index contributed by atoms with van der Waals surface area (Å²) < 4.78 is 29.5. The van der Waals surface area contributed by atoms with Crippen molar-refractivity contribution in [1.82, 2.24) is 30.3 Å². The molecule has 4 heterocycles. The molecule has 2 saturated heterocycles. The van der Waals surface area contributed by atoms with Crippen LogP contribution in [-0.2, 0) is 0 Å². The highest BCUT2D eigenvalue weighted by Gasteiger charge is 2.49. The third-order valence-electron chi connectivity index (χ3n) is 6.35. The van der Waals surface area contributed by atoms with E-state index in [9.17, 15) is 13.9 Å². The lowest BCUT2D eigenvalue weighted by Gasteiger charge is -2.39. The summed E-state index contributed by atoms with van der Waals surface area (Å²) in [6.45, 7) is 6.19. The fourth-order valence-corrected chi connectivity index (χ4v) is 4.69. The van der Waals surface area contributed by atoms with E-state index in [1.54, 1.807) is 12.1 Å². The first kappa shape index (κ1) is 19.7. The van der Waals surface area contributed by atoms with Crippen molar-refractivity contribution in [2.75, 3.05) is 0 Å². The van der Waals surface area contributed by atoms with Gasteiger partial charge in [0.25, 0.3) is 0 Å². The van der Waals surface area contributed by atoms with Gasteiger partial charge in [0, 0.05) is 29.1 Å². The number of aromatic hydroxyl groups is 1. The molecule has 160 valence electrons. The van der Waals surface area contributed by atoms with Crippen LogP contribution in [0.5, 0.6) is 5.75 Å². The lowest BCUT2D eigenvalue weighted by atomic mass is 9.79. The molecule has 0 radical (unpaired) electrons. The Morgan fingerprint density at radius 2 is 2.16 bits per heavy atom. The van der Waals surface area contributed by atoms with Crippen molar-refractivity contribution in [3.8, 4) is 22.7 Å². The number of alkyl halides is 1. The number of hydrogen-bond acceptors (Lipinski definition) is 6. The molecular weight excluding hydrogens is 402 g/mol. The second-order valence-electron chi connectivity index (χ2n) is 8.60. The van der Waals surface area contributed by atoms with Crippen LogP contribution in [0, 0.1) is 11.7 Å². The Bertz CT molecular complexity index is 1150. The van der Waals surface area contributed by atoms with Gasteiger partial charge in [0.1, 0.15) is 17.6 Å². The predicted molar refractivity (Wildman–Crippen MR) is 111 cm³/mol. The maximum Gasteiger partial charge on any atom is 0.177 e. The van der Waals surface area contributed by atoms with Gasteiger partial charge in [0.2, 0.25) is 0 Å². The lowest BCUT2D eigenvalue weighted by Crippen LogP contribution is -2.53. The average Bonchev–Trinajstić information content (AvgIpc) is 3.34. The van der Waals surface area contributed by atoms with Crippen molar-refractivity contribution in [3.05, 3.63) is 55.0 Å². The molecule has 7 nitrogen and oxygen atoms in total. The number of piperidine rings is 1. The minimum Gasteiger partial charge on any atom is -0.507 e. The molecule has 2 aliphatic rings. The van der Waals surface area contributed by atoms with E-state index >= 15 is 0 Å². The fraction of sp³-hybridized carbons (Fsp3) is 0.364. The van der Waals surface area contributed by atoms with E-state index in [1.807, 2.05) is 0 Å². The maximum atomic E-state index is 15.0. The molecule has 2 bridgehead atoms. The minimum atomic E-state index is -1.03. The predicted octanol–water partition coefficient (Wildman–Crippen LogP) is 3.45. The summed E-state index contributed by atoms with van der Waals surface area (Å²) in [7, 11) is 0. The molecule has 0 amide bonds. The highest BCUT2D eigenvalue weighted by Crippen LogP contribution is 2.44. The molecule has 0 unspecified atom stereocenters. The van der Waals surface area contributed by atoms with E-state index in [4.69, 9.17) is 0 Å².